The average Bonchev–Trinajstić information content (AvgIpc) is 2.57. The molecule has 2 rings (SSSR count). The van der Waals surface area contributed by atoms with Crippen LogP contribution in [0.2, 0.25) is 0 Å². The Hall–Kier alpha value is -1.39. The molecule has 0 radical (unpaired) electrons. The van der Waals surface area contributed by atoms with Gasteiger partial charge in [-0.15, -0.1) is 0 Å². The lowest BCUT2D eigenvalue weighted by molar-refractivity contribution is -0.120. The number of carbonyl (C=O) groups excluding carboxylic acids is 1. The first-order chi connectivity index (χ1) is 10.7. The zero-order chi connectivity index (χ0) is 15.8. The lowest BCUT2D eigenvalue weighted by Gasteiger charge is -2.46. The Labute approximate surface area is 133 Å². The Bertz CT molecular complexity index is 455. The van der Waals surface area contributed by atoms with Crippen molar-refractivity contribution in [1.29, 1.82) is 0 Å². The lowest BCUT2D eigenvalue weighted by atomic mass is 9.86. The highest BCUT2D eigenvalue weighted by Gasteiger charge is 2.41. The standard InChI is InChI=1S/C18H28N2O2/c1-3-14-22-15-18(10-12-19-13-11-18)20(17(21)4-2)16-8-6-5-7-9-16/h5-9,19H,3-4,10-15H2,1-2H3. The molecule has 4 heteroatoms. The van der Waals surface area contributed by atoms with Gasteiger partial charge in [-0.3, -0.25) is 4.79 Å². The van der Waals surface area contributed by atoms with E-state index in [4.69, 9.17) is 4.74 Å². The van der Waals surface area contributed by atoms with Crippen molar-refractivity contribution < 1.29 is 9.53 Å². The second-order valence-corrected chi connectivity index (χ2v) is 5.95. The van der Waals surface area contributed by atoms with Crippen LogP contribution >= 0.6 is 0 Å². The average molecular weight is 304 g/mol. The number of amides is 1. The molecule has 1 saturated heterocycles. The van der Waals surface area contributed by atoms with E-state index in [0.29, 0.717) is 13.0 Å². The van der Waals surface area contributed by atoms with Crippen LogP contribution in [0.15, 0.2) is 30.3 Å². The van der Waals surface area contributed by atoms with Gasteiger partial charge >= 0.3 is 0 Å². The number of anilines is 1. The van der Waals surface area contributed by atoms with Crippen molar-refractivity contribution in [1.82, 2.24) is 5.32 Å². The van der Waals surface area contributed by atoms with E-state index >= 15 is 0 Å². The summed E-state index contributed by atoms with van der Waals surface area (Å²) in [5.41, 5.74) is 0.755. The third kappa shape index (κ3) is 3.87. The summed E-state index contributed by atoms with van der Waals surface area (Å²) < 4.78 is 5.90. The van der Waals surface area contributed by atoms with Crippen molar-refractivity contribution in [2.24, 2.45) is 0 Å². The van der Waals surface area contributed by atoms with E-state index in [0.717, 1.165) is 44.6 Å². The molecule has 0 bridgehead atoms. The molecule has 22 heavy (non-hydrogen) atoms. The van der Waals surface area contributed by atoms with Crippen molar-refractivity contribution in [3.8, 4) is 0 Å². The fourth-order valence-corrected chi connectivity index (χ4v) is 3.15. The van der Waals surface area contributed by atoms with Crippen LogP contribution in [0.25, 0.3) is 0 Å². The maximum Gasteiger partial charge on any atom is 0.227 e. The van der Waals surface area contributed by atoms with E-state index < -0.39 is 0 Å². The molecule has 1 aliphatic heterocycles. The SMILES string of the molecule is CCCOCC1(N(C(=O)CC)c2ccccc2)CCNCC1. The van der Waals surface area contributed by atoms with Gasteiger partial charge in [-0.25, -0.2) is 0 Å². The molecule has 0 atom stereocenters. The molecule has 1 amide bonds. The van der Waals surface area contributed by atoms with Crippen molar-refractivity contribution in [2.75, 3.05) is 31.2 Å². The van der Waals surface area contributed by atoms with E-state index in [9.17, 15) is 4.79 Å². The summed E-state index contributed by atoms with van der Waals surface area (Å²) in [6, 6.07) is 10.0. The molecule has 4 nitrogen and oxygen atoms in total. The van der Waals surface area contributed by atoms with Gasteiger partial charge in [-0.05, 0) is 44.5 Å². The van der Waals surface area contributed by atoms with Gasteiger partial charge in [0.05, 0.1) is 12.1 Å². The molecule has 1 aromatic carbocycles. The van der Waals surface area contributed by atoms with E-state index in [-0.39, 0.29) is 11.4 Å². The van der Waals surface area contributed by atoms with Crippen LogP contribution in [0.3, 0.4) is 0 Å². The van der Waals surface area contributed by atoms with Crippen molar-refractivity contribution in [2.45, 2.75) is 45.1 Å². The van der Waals surface area contributed by atoms with Gasteiger partial charge in [-0.1, -0.05) is 32.0 Å². The number of piperidine rings is 1. The van der Waals surface area contributed by atoms with E-state index in [1.807, 2.05) is 42.2 Å². The van der Waals surface area contributed by atoms with Crippen LogP contribution in [-0.2, 0) is 9.53 Å². The summed E-state index contributed by atoms with van der Waals surface area (Å²) in [6.07, 6.45) is 3.37. The number of benzene rings is 1. The predicted octanol–water partition coefficient (Wildman–Crippen LogP) is 2.98. The van der Waals surface area contributed by atoms with E-state index in [2.05, 4.69) is 12.2 Å². The molecule has 1 fully saturated rings. The molecule has 0 aromatic heterocycles. The second-order valence-electron chi connectivity index (χ2n) is 5.95. The zero-order valence-electron chi connectivity index (χ0n) is 13.8. The number of carbonyl (C=O) groups is 1. The Morgan fingerprint density at radius 2 is 1.91 bits per heavy atom. The van der Waals surface area contributed by atoms with Crippen LogP contribution in [0.5, 0.6) is 0 Å². The summed E-state index contributed by atoms with van der Waals surface area (Å²) in [7, 11) is 0. The largest absolute Gasteiger partial charge is 0.379 e. The monoisotopic (exact) mass is 304 g/mol. The summed E-state index contributed by atoms with van der Waals surface area (Å²) in [4.78, 5) is 14.7. The topological polar surface area (TPSA) is 41.6 Å². The highest BCUT2D eigenvalue weighted by molar-refractivity contribution is 5.94. The Kier molecular flexibility index (Phi) is 6.40. The zero-order valence-corrected chi connectivity index (χ0v) is 13.8. The number of para-hydroxylation sites is 1. The predicted molar refractivity (Wildman–Crippen MR) is 90.2 cm³/mol. The first kappa shape index (κ1) is 17.0. The minimum atomic E-state index is -0.227. The molecular formula is C18H28N2O2. The normalized spacial score (nSPS) is 17.2. The van der Waals surface area contributed by atoms with Gasteiger partial charge in [0, 0.05) is 18.7 Å². The molecule has 1 N–H and O–H groups in total. The Morgan fingerprint density at radius 1 is 1.23 bits per heavy atom. The molecule has 1 heterocycles. The molecule has 1 aliphatic rings. The van der Waals surface area contributed by atoms with Crippen LogP contribution in [-0.4, -0.2) is 37.7 Å². The fraction of sp³-hybridized carbons (Fsp3) is 0.611. The summed E-state index contributed by atoms with van der Waals surface area (Å²) in [5.74, 6) is 0.174. The van der Waals surface area contributed by atoms with Crippen molar-refractivity contribution >= 4 is 11.6 Å². The minimum absolute atomic E-state index is 0.174. The molecule has 0 aliphatic carbocycles. The van der Waals surface area contributed by atoms with Crippen molar-refractivity contribution in [3.63, 3.8) is 0 Å². The first-order valence-electron chi connectivity index (χ1n) is 8.40. The Balaban J connectivity index is 2.32. The van der Waals surface area contributed by atoms with Gasteiger partial charge in [0.25, 0.3) is 0 Å². The smallest absolute Gasteiger partial charge is 0.227 e. The molecule has 1 aromatic rings. The quantitative estimate of drug-likeness (QED) is 0.787. The summed E-state index contributed by atoms with van der Waals surface area (Å²) in [6.45, 7) is 7.26. The summed E-state index contributed by atoms with van der Waals surface area (Å²) in [5, 5.41) is 3.40. The van der Waals surface area contributed by atoms with Gasteiger partial charge in [0.15, 0.2) is 0 Å². The molecule has 0 unspecified atom stereocenters. The Morgan fingerprint density at radius 3 is 2.50 bits per heavy atom. The third-order valence-corrected chi connectivity index (χ3v) is 4.29. The van der Waals surface area contributed by atoms with Crippen LogP contribution in [0, 0.1) is 0 Å². The molecule has 0 spiro atoms. The highest BCUT2D eigenvalue weighted by atomic mass is 16.5. The number of hydrogen-bond donors (Lipinski definition) is 1. The first-order valence-corrected chi connectivity index (χ1v) is 8.40. The van der Waals surface area contributed by atoms with Gasteiger partial charge in [-0.2, -0.15) is 0 Å². The maximum absolute atomic E-state index is 12.7. The number of nitrogens with one attached hydrogen (secondary N) is 1. The highest BCUT2D eigenvalue weighted by Crippen LogP contribution is 2.32. The maximum atomic E-state index is 12.7. The molecular weight excluding hydrogens is 276 g/mol. The van der Waals surface area contributed by atoms with Gasteiger partial charge in [0.2, 0.25) is 5.91 Å². The van der Waals surface area contributed by atoms with Crippen LogP contribution in [0.1, 0.15) is 39.5 Å². The number of rotatable bonds is 7. The van der Waals surface area contributed by atoms with Crippen LogP contribution in [0.4, 0.5) is 5.69 Å². The van der Waals surface area contributed by atoms with Crippen LogP contribution < -0.4 is 10.2 Å². The number of nitrogens with zero attached hydrogens (tertiary/aromatic N) is 1. The van der Waals surface area contributed by atoms with Crippen molar-refractivity contribution in [3.05, 3.63) is 30.3 Å². The molecule has 0 saturated carbocycles. The van der Waals surface area contributed by atoms with Gasteiger partial charge < -0.3 is 15.0 Å². The van der Waals surface area contributed by atoms with E-state index in [1.165, 1.54) is 0 Å². The number of hydrogen-bond acceptors (Lipinski definition) is 3. The number of ether oxygens (including phenoxy) is 1. The lowest BCUT2D eigenvalue weighted by Crippen LogP contribution is -2.60. The third-order valence-electron chi connectivity index (χ3n) is 4.29. The fourth-order valence-electron chi connectivity index (χ4n) is 3.15. The minimum Gasteiger partial charge on any atom is -0.379 e. The van der Waals surface area contributed by atoms with E-state index in [1.54, 1.807) is 0 Å². The second kappa shape index (κ2) is 8.30. The summed E-state index contributed by atoms with van der Waals surface area (Å²) >= 11 is 0. The van der Waals surface area contributed by atoms with Gasteiger partial charge in [0.1, 0.15) is 0 Å². The molecule has 122 valence electrons.